The zero-order valence-corrected chi connectivity index (χ0v) is 12.4. The summed E-state index contributed by atoms with van der Waals surface area (Å²) < 4.78 is 5.67. The SMILES string of the molecule is Cl.NCCc1ccc(Oc2cc(Cl)cc(Cl)c2)cc1. The van der Waals surface area contributed by atoms with Gasteiger partial charge < -0.3 is 10.5 Å². The number of hydrogen-bond acceptors (Lipinski definition) is 2. The van der Waals surface area contributed by atoms with Gasteiger partial charge in [-0.1, -0.05) is 35.3 Å². The predicted octanol–water partition coefficient (Wildman–Crippen LogP) is 4.71. The lowest BCUT2D eigenvalue weighted by atomic mass is 10.1. The third-order valence-corrected chi connectivity index (χ3v) is 2.86. The normalized spacial score (nSPS) is 9.84. The van der Waals surface area contributed by atoms with E-state index in [0.29, 0.717) is 22.3 Å². The Morgan fingerprint density at radius 3 is 2.00 bits per heavy atom. The van der Waals surface area contributed by atoms with Gasteiger partial charge >= 0.3 is 0 Å². The highest BCUT2D eigenvalue weighted by Crippen LogP contribution is 2.28. The highest BCUT2D eigenvalue weighted by atomic mass is 35.5. The van der Waals surface area contributed by atoms with Crippen molar-refractivity contribution in [2.75, 3.05) is 6.54 Å². The van der Waals surface area contributed by atoms with E-state index in [1.54, 1.807) is 18.2 Å². The molecule has 5 heteroatoms. The molecule has 0 aromatic heterocycles. The molecular formula is C14H14Cl3NO. The van der Waals surface area contributed by atoms with Gasteiger partial charge in [-0.15, -0.1) is 12.4 Å². The van der Waals surface area contributed by atoms with Gasteiger partial charge in [-0.2, -0.15) is 0 Å². The summed E-state index contributed by atoms with van der Waals surface area (Å²) in [5.74, 6) is 1.37. The van der Waals surface area contributed by atoms with Gasteiger partial charge in [-0.3, -0.25) is 0 Å². The van der Waals surface area contributed by atoms with Crippen molar-refractivity contribution in [2.24, 2.45) is 5.73 Å². The number of rotatable bonds is 4. The lowest BCUT2D eigenvalue weighted by molar-refractivity contribution is 0.482. The summed E-state index contributed by atoms with van der Waals surface area (Å²) in [5.41, 5.74) is 6.68. The van der Waals surface area contributed by atoms with Crippen LogP contribution in [0, 0.1) is 0 Å². The molecule has 0 bridgehead atoms. The fourth-order valence-corrected chi connectivity index (χ4v) is 2.12. The summed E-state index contributed by atoms with van der Waals surface area (Å²) >= 11 is 11.8. The second-order valence-corrected chi connectivity index (χ2v) is 4.76. The first-order valence-electron chi connectivity index (χ1n) is 5.60. The Morgan fingerprint density at radius 2 is 1.47 bits per heavy atom. The Bertz CT molecular complexity index is 508. The molecule has 2 nitrogen and oxygen atoms in total. The van der Waals surface area contributed by atoms with E-state index in [1.807, 2.05) is 24.3 Å². The molecule has 0 saturated carbocycles. The van der Waals surface area contributed by atoms with E-state index in [4.69, 9.17) is 33.7 Å². The minimum absolute atomic E-state index is 0. The third kappa shape index (κ3) is 4.92. The van der Waals surface area contributed by atoms with E-state index < -0.39 is 0 Å². The molecule has 0 aliphatic rings. The van der Waals surface area contributed by atoms with Crippen LogP contribution in [0.25, 0.3) is 0 Å². The summed E-state index contributed by atoms with van der Waals surface area (Å²) in [6, 6.07) is 12.9. The summed E-state index contributed by atoms with van der Waals surface area (Å²) in [6.07, 6.45) is 0.864. The Kier molecular flexibility index (Phi) is 6.46. The highest BCUT2D eigenvalue weighted by Gasteiger charge is 2.01. The molecule has 102 valence electrons. The molecule has 0 aliphatic carbocycles. The van der Waals surface area contributed by atoms with E-state index in [0.717, 1.165) is 12.2 Å². The average Bonchev–Trinajstić information content (AvgIpc) is 2.31. The van der Waals surface area contributed by atoms with Crippen molar-refractivity contribution < 1.29 is 4.74 Å². The van der Waals surface area contributed by atoms with E-state index in [-0.39, 0.29) is 12.4 Å². The van der Waals surface area contributed by atoms with Gasteiger partial charge in [0.25, 0.3) is 0 Å². The van der Waals surface area contributed by atoms with Crippen LogP contribution in [0.1, 0.15) is 5.56 Å². The van der Waals surface area contributed by atoms with Crippen LogP contribution in [-0.4, -0.2) is 6.54 Å². The molecule has 0 spiro atoms. The summed E-state index contributed by atoms with van der Waals surface area (Å²) in [5, 5.41) is 1.11. The Balaban J connectivity index is 0.00000180. The first kappa shape index (κ1) is 16.1. The van der Waals surface area contributed by atoms with Gasteiger partial charge in [0.2, 0.25) is 0 Å². The molecular weight excluding hydrogens is 305 g/mol. The Labute approximate surface area is 128 Å². The topological polar surface area (TPSA) is 35.2 Å². The molecule has 0 heterocycles. The second-order valence-electron chi connectivity index (χ2n) is 3.89. The molecule has 2 aromatic rings. The van der Waals surface area contributed by atoms with Crippen molar-refractivity contribution in [3.63, 3.8) is 0 Å². The molecule has 0 unspecified atom stereocenters. The van der Waals surface area contributed by atoms with Gasteiger partial charge in [0, 0.05) is 10.0 Å². The van der Waals surface area contributed by atoms with Crippen molar-refractivity contribution in [1.29, 1.82) is 0 Å². The number of ether oxygens (including phenoxy) is 1. The van der Waals surface area contributed by atoms with Crippen LogP contribution in [0.3, 0.4) is 0 Å². The smallest absolute Gasteiger partial charge is 0.130 e. The standard InChI is InChI=1S/C14H13Cl2NO.ClH/c15-11-7-12(16)9-14(8-11)18-13-3-1-10(2-4-13)5-6-17;/h1-4,7-9H,5-6,17H2;1H. The van der Waals surface area contributed by atoms with Crippen molar-refractivity contribution >= 4 is 35.6 Å². The van der Waals surface area contributed by atoms with Crippen LogP contribution in [0.4, 0.5) is 0 Å². The number of nitrogens with two attached hydrogens (primary N) is 1. The summed E-state index contributed by atoms with van der Waals surface area (Å²) in [7, 11) is 0. The van der Waals surface area contributed by atoms with Crippen LogP contribution in [0.5, 0.6) is 11.5 Å². The van der Waals surface area contributed by atoms with Gasteiger partial charge in [0.15, 0.2) is 0 Å². The lowest BCUT2D eigenvalue weighted by Gasteiger charge is -2.07. The van der Waals surface area contributed by atoms with E-state index >= 15 is 0 Å². The largest absolute Gasteiger partial charge is 0.457 e. The number of benzene rings is 2. The summed E-state index contributed by atoms with van der Waals surface area (Å²) in [6.45, 7) is 0.643. The molecule has 19 heavy (non-hydrogen) atoms. The maximum atomic E-state index is 5.90. The third-order valence-electron chi connectivity index (χ3n) is 2.43. The van der Waals surface area contributed by atoms with E-state index in [1.165, 1.54) is 5.56 Å². The molecule has 2 N–H and O–H groups in total. The molecule has 0 amide bonds. The van der Waals surface area contributed by atoms with Gasteiger partial charge in [0.1, 0.15) is 11.5 Å². The van der Waals surface area contributed by atoms with Gasteiger partial charge in [-0.05, 0) is 48.9 Å². The maximum absolute atomic E-state index is 5.90. The molecule has 2 rings (SSSR count). The summed E-state index contributed by atoms with van der Waals surface area (Å²) in [4.78, 5) is 0. The minimum Gasteiger partial charge on any atom is -0.457 e. The fraction of sp³-hybridized carbons (Fsp3) is 0.143. The average molecular weight is 319 g/mol. The monoisotopic (exact) mass is 317 g/mol. The molecule has 0 atom stereocenters. The Morgan fingerprint density at radius 1 is 0.895 bits per heavy atom. The van der Waals surface area contributed by atoms with Crippen molar-refractivity contribution in [3.05, 3.63) is 58.1 Å². The van der Waals surface area contributed by atoms with Crippen LogP contribution < -0.4 is 10.5 Å². The van der Waals surface area contributed by atoms with Crippen molar-refractivity contribution in [1.82, 2.24) is 0 Å². The van der Waals surface area contributed by atoms with Crippen LogP contribution >= 0.6 is 35.6 Å². The number of halogens is 3. The van der Waals surface area contributed by atoms with Gasteiger partial charge in [-0.25, -0.2) is 0 Å². The highest BCUT2D eigenvalue weighted by molar-refractivity contribution is 6.34. The van der Waals surface area contributed by atoms with Crippen LogP contribution in [0.2, 0.25) is 10.0 Å². The first-order chi connectivity index (χ1) is 8.67. The zero-order chi connectivity index (χ0) is 13.0. The predicted molar refractivity (Wildman–Crippen MR) is 83.0 cm³/mol. The maximum Gasteiger partial charge on any atom is 0.130 e. The lowest BCUT2D eigenvalue weighted by Crippen LogP contribution is -2.02. The first-order valence-corrected chi connectivity index (χ1v) is 6.36. The van der Waals surface area contributed by atoms with Crippen molar-refractivity contribution in [2.45, 2.75) is 6.42 Å². The fourth-order valence-electron chi connectivity index (χ4n) is 1.61. The quantitative estimate of drug-likeness (QED) is 0.886. The van der Waals surface area contributed by atoms with Crippen molar-refractivity contribution in [3.8, 4) is 11.5 Å². The molecule has 2 aromatic carbocycles. The Hall–Kier alpha value is -0.930. The second kappa shape index (κ2) is 7.61. The van der Waals surface area contributed by atoms with Crippen LogP contribution in [0.15, 0.2) is 42.5 Å². The molecule has 0 radical (unpaired) electrons. The zero-order valence-electron chi connectivity index (χ0n) is 10.1. The van der Waals surface area contributed by atoms with Crippen LogP contribution in [-0.2, 0) is 6.42 Å². The van der Waals surface area contributed by atoms with Gasteiger partial charge in [0.05, 0.1) is 0 Å². The molecule has 0 aliphatic heterocycles. The number of hydrogen-bond donors (Lipinski definition) is 1. The minimum atomic E-state index is 0. The van der Waals surface area contributed by atoms with E-state index in [9.17, 15) is 0 Å². The molecule has 0 saturated heterocycles. The molecule has 0 fully saturated rings. The van der Waals surface area contributed by atoms with E-state index in [2.05, 4.69) is 0 Å².